The second kappa shape index (κ2) is 3.05. The van der Waals surface area contributed by atoms with Crippen LogP contribution in [0.2, 0.25) is 0 Å². The lowest BCUT2D eigenvalue weighted by Crippen LogP contribution is -2.39. The summed E-state index contributed by atoms with van der Waals surface area (Å²) in [5, 5.41) is 3.27. The molecule has 1 saturated carbocycles. The van der Waals surface area contributed by atoms with Crippen LogP contribution in [-0.2, 0) is 4.79 Å². The number of rotatable bonds is 2. The van der Waals surface area contributed by atoms with Crippen molar-refractivity contribution < 1.29 is 4.79 Å². The van der Waals surface area contributed by atoms with Gasteiger partial charge in [-0.1, -0.05) is 0 Å². The van der Waals surface area contributed by atoms with Gasteiger partial charge < -0.3 is 10.2 Å². The van der Waals surface area contributed by atoms with E-state index in [2.05, 4.69) is 5.32 Å². The summed E-state index contributed by atoms with van der Waals surface area (Å²) >= 11 is 0. The number of carbonyl (C=O) groups excluding carboxylic acids is 1. The molecule has 1 aliphatic heterocycles. The summed E-state index contributed by atoms with van der Waals surface area (Å²) in [6.07, 6.45) is 3.35. The average molecular weight is 168 g/mol. The van der Waals surface area contributed by atoms with Crippen molar-refractivity contribution in [3.63, 3.8) is 0 Å². The van der Waals surface area contributed by atoms with Crippen LogP contribution in [0.1, 0.15) is 19.3 Å². The fraction of sp³-hybridized carbons (Fsp3) is 0.889. The molecule has 3 heteroatoms. The highest BCUT2D eigenvalue weighted by Crippen LogP contribution is 2.31. The molecule has 0 spiro atoms. The van der Waals surface area contributed by atoms with E-state index < -0.39 is 0 Å². The van der Waals surface area contributed by atoms with Gasteiger partial charge in [-0.25, -0.2) is 0 Å². The first-order valence-electron chi connectivity index (χ1n) is 4.76. The van der Waals surface area contributed by atoms with E-state index in [0.29, 0.717) is 17.9 Å². The highest BCUT2D eigenvalue weighted by molar-refractivity contribution is 5.81. The van der Waals surface area contributed by atoms with Gasteiger partial charge in [-0.15, -0.1) is 0 Å². The maximum atomic E-state index is 11.6. The van der Waals surface area contributed by atoms with Crippen LogP contribution in [-0.4, -0.2) is 37.0 Å². The van der Waals surface area contributed by atoms with E-state index in [-0.39, 0.29) is 0 Å². The first-order valence-corrected chi connectivity index (χ1v) is 4.76. The number of carbonyl (C=O) groups is 1. The van der Waals surface area contributed by atoms with Crippen molar-refractivity contribution in [3.8, 4) is 0 Å². The molecule has 1 saturated heterocycles. The van der Waals surface area contributed by atoms with Crippen LogP contribution in [0.25, 0.3) is 0 Å². The van der Waals surface area contributed by atoms with Gasteiger partial charge in [-0.2, -0.15) is 0 Å². The van der Waals surface area contributed by atoms with Crippen LogP contribution in [0, 0.1) is 5.92 Å². The van der Waals surface area contributed by atoms with Gasteiger partial charge in [0.05, 0.1) is 0 Å². The van der Waals surface area contributed by atoms with Gasteiger partial charge in [0.25, 0.3) is 0 Å². The molecule has 0 radical (unpaired) electrons. The molecule has 3 nitrogen and oxygen atoms in total. The van der Waals surface area contributed by atoms with Gasteiger partial charge >= 0.3 is 0 Å². The van der Waals surface area contributed by atoms with E-state index in [0.717, 1.165) is 32.4 Å². The lowest BCUT2D eigenvalue weighted by atomic mass is 10.2. The number of hydrogen-bond acceptors (Lipinski definition) is 2. The van der Waals surface area contributed by atoms with E-state index in [1.807, 2.05) is 11.9 Å². The Morgan fingerprint density at radius 3 is 2.67 bits per heavy atom. The van der Waals surface area contributed by atoms with Crippen molar-refractivity contribution in [2.45, 2.75) is 25.3 Å². The monoisotopic (exact) mass is 168 g/mol. The molecule has 1 amide bonds. The van der Waals surface area contributed by atoms with E-state index in [1.54, 1.807) is 0 Å². The molecule has 1 N–H and O–H groups in total. The number of likely N-dealkylation sites (N-methyl/N-ethyl adjacent to an activating group) is 1. The normalized spacial score (nSPS) is 28.9. The minimum Gasteiger partial charge on any atom is -0.341 e. The molecule has 0 aromatic carbocycles. The number of nitrogens with zero attached hydrogens (tertiary/aromatic N) is 1. The Labute approximate surface area is 73.1 Å². The smallest absolute Gasteiger partial charge is 0.225 e. The molecule has 0 bridgehead atoms. The zero-order valence-corrected chi connectivity index (χ0v) is 7.55. The molecule has 0 aromatic rings. The maximum Gasteiger partial charge on any atom is 0.225 e. The summed E-state index contributed by atoms with van der Waals surface area (Å²) in [5.74, 6) is 0.735. The SMILES string of the molecule is CN(C(=O)C1CC1)[C@@H]1CCNC1. The summed E-state index contributed by atoms with van der Waals surface area (Å²) in [4.78, 5) is 13.5. The highest BCUT2D eigenvalue weighted by atomic mass is 16.2. The Morgan fingerprint density at radius 1 is 1.42 bits per heavy atom. The average Bonchev–Trinajstić information content (AvgIpc) is 2.79. The third-order valence-corrected chi connectivity index (χ3v) is 2.86. The molecule has 12 heavy (non-hydrogen) atoms. The molecule has 2 fully saturated rings. The summed E-state index contributed by atoms with van der Waals surface area (Å²) < 4.78 is 0. The zero-order valence-electron chi connectivity index (χ0n) is 7.55. The van der Waals surface area contributed by atoms with Crippen molar-refractivity contribution in [3.05, 3.63) is 0 Å². The van der Waals surface area contributed by atoms with Gasteiger partial charge in [0, 0.05) is 25.6 Å². The Bertz CT molecular complexity index is 183. The molecular formula is C9H16N2O. The van der Waals surface area contributed by atoms with Gasteiger partial charge in [-0.05, 0) is 25.8 Å². The number of nitrogens with one attached hydrogen (secondary N) is 1. The van der Waals surface area contributed by atoms with Crippen LogP contribution in [0.3, 0.4) is 0 Å². The first kappa shape index (κ1) is 8.05. The fourth-order valence-corrected chi connectivity index (χ4v) is 1.77. The second-order valence-corrected chi connectivity index (χ2v) is 3.87. The van der Waals surface area contributed by atoms with E-state index in [1.165, 1.54) is 0 Å². The molecular weight excluding hydrogens is 152 g/mol. The van der Waals surface area contributed by atoms with E-state index in [4.69, 9.17) is 0 Å². The predicted molar refractivity (Wildman–Crippen MR) is 46.8 cm³/mol. The van der Waals surface area contributed by atoms with Gasteiger partial charge in [0.15, 0.2) is 0 Å². The van der Waals surface area contributed by atoms with Crippen LogP contribution in [0.15, 0.2) is 0 Å². The summed E-state index contributed by atoms with van der Waals surface area (Å²) in [5.41, 5.74) is 0. The quantitative estimate of drug-likeness (QED) is 0.639. The van der Waals surface area contributed by atoms with E-state index in [9.17, 15) is 4.79 Å². The molecule has 1 atom stereocenters. The second-order valence-electron chi connectivity index (χ2n) is 3.87. The number of amides is 1. The Hall–Kier alpha value is -0.570. The molecule has 2 rings (SSSR count). The molecule has 1 aliphatic carbocycles. The Morgan fingerprint density at radius 2 is 2.17 bits per heavy atom. The molecule has 68 valence electrons. The summed E-state index contributed by atoms with van der Waals surface area (Å²) in [6, 6.07) is 0.457. The van der Waals surface area contributed by atoms with E-state index >= 15 is 0 Å². The maximum absolute atomic E-state index is 11.6. The molecule has 2 aliphatic rings. The van der Waals surface area contributed by atoms with Crippen molar-refractivity contribution in [1.29, 1.82) is 0 Å². The number of hydrogen-bond donors (Lipinski definition) is 1. The van der Waals surface area contributed by atoms with Gasteiger partial charge in [0.2, 0.25) is 5.91 Å². The van der Waals surface area contributed by atoms with Crippen molar-refractivity contribution in [1.82, 2.24) is 10.2 Å². The van der Waals surface area contributed by atoms with Crippen LogP contribution in [0.4, 0.5) is 0 Å². The van der Waals surface area contributed by atoms with Crippen LogP contribution >= 0.6 is 0 Å². The van der Waals surface area contributed by atoms with Gasteiger partial charge in [0.1, 0.15) is 0 Å². The first-order chi connectivity index (χ1) is 5.79. The lowest BCUT2D eigenvalue weighted by molar-refractivity contribution is -0.132. The largest absolute Gasteiger partial charge is 0.341 e. The Balaban J connectivity index is 1.88. The highest BCUT2D eigenvalue weighted by Gasteiger charge is 2.35. The topological polar surface area (TPSA) is 32.3 Å². The van der Waals surface area contributed by atoms with Crippen molar-refractivity contribution >= 4 is 5.91 Å². The lowest BCUT2D eigenvalue weighted by Gasteiger charge is -2.23. The standard InChI is InChI=1S/C9H16N2O/c1-11(8-4-5-10-6-8)9(12)7-2-3-7/h7-8,10H,2-6H2,1H3/t8-/m1/s1. The molecule has 0 aromatic heterocycles. The zero-order chi connectivity index (χ0) is 8.55. The molecule has 1 heterocycles. The summed E-state index contributed by atoms with van der Waals surface area (Å²) in [6.45, 7) is 2.04. The fourth-order valence-electron chi connectivity index (χ4n) is 1.77. The van der Waals surface area contributed by atoms with Crippen LogP contribution < -0.4 is 5.32 Å². The summed E-state index contributed by atoms with van der Waals surface area (Å²) in [7, 11) is 1.94. The third kappa shape index (κ3) is 1.46. The molecule has 0 unspecified atom stereocenters. The third-order valence-electron chi connectivity index (χ3n) is 2.86. The van der Waals surface area contributed by atoms with Crippen LogP contribution in [0.5, 0.6) is 0 Å². The van der Waals surface area contributed by atoms with Crippen molar-refractivity contribution in [2.24, 2.45) is 5.92 Å². The van der Waals surface area contributed by atoms with Gasteiger partial charge in [-0.3, -0.25) is 4.79 Å². The minimum absolute atomic E-state index is 0.365. The Kier molecular flexibility index (Phi) is 2.05. The predicted octanol–water partition coefficient (Wildman–Crippen LogP) is 0.217. The van der Waals surface area contributed by atoms with Crippen molar-refractivity contribution in [2.75, 3.05) is 20.1 Å². The minimum atomic E-state index is 0.365.